The van der Waals surface area contributed by atoms with Gasteiger partial charge in [-0.1, -0.05) is 23.8 Å². The van der Waals surface area contributed by atoms with E-state index in [0.29, 0.717) is 13.0 Å². The summed E-state index contributed by atoms with van der Waals surface area (Å²) in [5, 5.41) is 12.1. The number of carbonyl (C=O) groups is 1. The summed E-state index contributed by atoms with van der Waals surface area (Å²) in [6.07, 6.45) is 8.59. The molecule has 4 heteroatoms. The van der Waals surface area contributed by atoms with Crippen LogP contribution in [-0.2, 0) is 11.2 Å². The van der Waals surface area contributed by atoms with Crippen molar-refractivity contribution in [1.82, 2.24) is 5.32 Å². The third kappa shape index (κ3) is 5.23. The van der Waals surface area contributed by atoms with Crippen LogP contribution in [0.15, 0.2) is 35.9 Å². The standard InChI is InChI=1S/C17H24N2O2/c18-16(12-14-6-8-15(20)9-7-14)17(21)19-11-10-13-4-2-1-3-5-13/h4,6-9,16,20H,1-3,5,10-12,18H2,(H,19,21)/t16-/m0/s1. The van der Waals surface area contributed by atoms with Gasteiger partial charge in [-0.25, -0.2) is 0 Å². The molecule has 0 spiro atoms. The molecule has 21 heavy (non-hydrogen) atoms. The Morgan fingerprint density at radius 2 is 2.05 bits per heavy atom. The number of carbonyl (C=O) groups excluding carboxylic acids is 1. The monoisotopic (exact) mass is 288 g/mol. The second kappa shape index (κ2) is 7.84. The van der Waals surface area contributed by atoms with Gasteiger partial charge >= 0.3 is 0 Å². The third-order valence-electron chi connectivity index (χ3n) is 3.86. The summed E-state index contributed by atoms with van der Waals surface area (Å²) >= 11 is 0. The number of hydrogen-bond donors (Lipinski definition) is 3. The molecule has 1 aliphatic rings. The number of nitrogens with one attached hydrogen (secondary N) is 1. The largest absolute Gasteiger partial charge is 0.508 e. The fraction of sp³-hybridized carbons (Fsp3) is 0.471. The molecule has 0 saturated carbocycles. The smallest absolute Gasteiger partial charge is 0.237 e. The molecule has 0 bridgehead atoms. The molecule has 0 aliphatic heterocycles. The van der Waals surface area contributed by atoms with Crippen LogP contribution in [0.2, 0.25) is 0 Å². The predicted molar refractivity (Wildman–Crippen MR) is 84.0 cm³/mol. The first kappa shape index (κ1) is 15.6. The van der Waals surface area contributed by atoms with Gasteiger partial charge in [0.05, 0.1) is 6.04 Å². The highest BCUT2D eigenvalue weighted by Crippen LogP contribution is 2.19. The van der Waals surface area contributed by atoms with Crippen molar-refractivity contribution in [2.24, 2.45) is 5.73 Å². The molecule has 1 aromatic rings. The van der Waals surface area contributed by atoms with Crippen LogP contribution in [-0.4, -0.2) is 23.6 Å². The van der Waals surface area contributed by atoms with E-state index in [1.54, 1.807) is 24.3 Å². The lowest BCUT2D eigenvalue weighted by Gasteiger charge is -2.15. The molecule has 2 rings (SSSR count). The summed E-state index contributed by atoms with van der Waals surface area (Å²) in [4.78, 5) is 12.0. The molecule has 0 fully saturated rings. The van der Waals surface area contributed by atoms with Gasteiger partial charge in [-0.2, -0.15) is 0 Å². The van der Waals surface area contributed by atoms with E-state index in [0.717, 1.165) is 18.4 Å². The van der Waals surface area contributed by atoms with E-state index in [9.17, 15) is 9.90 Å². The van der Waals surface area contributed by atoms with Gasteiger partial charge in [-0.15, -0.1) is 0 Å². The minimum atomic E-state index is -0.546. The molecule has 0 aromatic heterocycles. The van der Waals surface area contributed by atoms with Crippen LogP contribution >= 0.6 is 0 Å². The van der Waals surface area contributed by atoms with Crippen LogP contribution in [0.1, 0.15) is 37.7 Å². The number of aromatic hydroxyl groups is 1. The van der Waals surface area contributed by atoms with Crippen molar-refractivity contribution < 1.29 is 9.90 Å². The van der Waals surface area contributed by atoms with Crippen molar-refractivity contribution in [1.29, 1.82) is 0 Å². The van der Waals surface area contributed by atoms with Gasteiger partial charge in [-0.05, 0) is 56.2 Å². The molecule has 1 atom stereocenters. The van der Waals surface area contributed by atoms with E-state index < -0.39 is 6.04 Å². The maximum absolute atomic E-state index is 12.0. The average Bonchev–Trinajstić information content (AvgIpc) is 2.50. The topological polar surface area (TPSA) is 75.3 Å². The number of hydrogen-bond acceptors (Lipinski definition) is 3. The van der Waals surface area contributed by atoms with Crippen molar-refractivity contribution in [3.05, 3.63) is 41.5 Å². The zero-order valence-corrected chi connectivity index (χ0v) is 12.3. The lowest BCUT2D eigenvalue weighted by molar-refractivity contribution is -0.122. The van der Waals surface area contributed by atoms with Gasteiger partial charge in [-0.3, -0.25) is 4.79 Å². The maximum Gasteiger partial charge on any atom is 0.237 e. The molecule has 1 aliphatic carbocycles. The van der Waals surface area contributed by atoms with Crippen LogP contribution in [0.5, 0.6) is 5.75 Å². The van der Waals surface area contributed by atoms with Gasteiger partial charge in [0.25, 0.3) is 0 Å². The Morgan fingerprint density at radius 3 is 2.71 bits per heavy atom. The highest BCUT2D eigenvalue weighted by molar-refractivity contribution is 5.81. The number of amides is 1. The molecule has 0 unspecified atom stereocenters. The normalized spacial score (nSPS) is 16.1. The summed E-state index contributed by atoms with van der Waals surface area (Å²) in [6.45, 7) is 0.661. The van der Waals surface area contributed by atoms with Crippen molar-refractivity contribution in [2.45, 2.75) is 44.6 Å². The molecule has 4 N–H and O–H groups in total. The first-order chi connectivity index (χ1) is 10.1. The van der Waals surface area contributed by atoms with Crippen molar-refractivity contribution in [3.8, 4) is 5.75 Å². The third-order valence-corrected chi connectivity index (χ3v) is 3.86. The van der Waals surface area contributed by atoms with Crippen LogP contribution in [0.4, 0.5) is 0 Å². The number of rotatable bonds is 6. The van der Waals surface area contributed by atoms with E-state index in [1.807, 2.05) is 0 Å². The van der Waals surface area contributed by atoms with E-state index >= 15 is 0 Å². The SMILES string of the molecule is N[C@@H](Cc1ccc(O)cc1)C(=O)NCCC1=CCCCC1. The highest BCUT2D eigenvalue weighted by atomic mass is 16.3. The van der Waals surface area contributed by atoms with Crippen LogP contribution in [0.3, 0.4) is 0 Å². The quantitative estimate of drug-likeness (QED) is 0.703. The lowest BCUT2D eigenvalue weighted by Crippen LogP contribution is -2.42. The number of benzene rings is 1. The second-order valence-corrected chi connectivity index (χ2v) is 5.63. The Labute approximate surface area is 126 Å². The van der Waals surface area contributed by atoms with E-state index in [-0.39, 0.29) is 11.7 Å². The summed E-state index contributed by atoms with van der Waals surface area (Å²) in [6, 6.07) is 6.24. The van der Waals surface area contributed by atoms with Gasteiger partial charge < -0.3 is 16.2 Å². The van der Waals surface area contributed by atoms with Crippen LogP contribution in [0.25, 0.3) is 0 Å². The maximum atomic E-state index is 12.0. The fourth-order valence-corrected chi connectivity index (χ4v) is 2.59. The minimum Gasteiger partial charge on any atom is -0.508 e. The molecular formula is C17H24N2O2. The van der Waals surface area contributed by atoms with Gasteiger partial charge in [0, 0.05) is 6.54 Å². The van der Waals surface area contributed by atoms with Crippen molar-refractivity contribution in [2.75, 3.05) is 6.54 Å². The molecule has 0 saturated heterocycles. The zero-order valence-electron chi connectivity index (χ0n) is 12.3. The van der Waals surface area contributed by atoms with Crippen LogP contribution < -0.4 is 11.1 Å². The fourth-order valence-electron chi connectivity index (χ4n) is 2.59. The molecule has 0 heterocycles. The molecule has 1 aromatic carbocycles. The first-order valence-corrected chi connectivity index (χ1v) is 7.64. The summed E-state index contributed by atoms with van der Waals surface area (Å²) in [7, 11) is 0. The number of phenols is 1. The zero-order chi connectivity index (χ0) is 15.1. The van der Waals surface area contributed by atoms with Gasteiger partial charge in [0.1, 0.15) is 5.75 Å². The number of phenolic OH excluding ortho intramolecular Hbond substituents is 1. The average molecular weight is 288 g/mol. The van der Waals surface area contributed by atoms with Crippen molar-refractivity contribution in [3.63, 3.8) is 0 Å². The van der Waals surface area contributed by atoms with Gasteiger partial charge in [0.15, 0.2) is 0 Å². The Kier molecular flexibility index (Phi) is 5.81. The predicted octanol–water partition coefficient (Wildman–Crippen LogP) is 2.27. The molecule has 114 valence electrons. The Bertz CT molecular complexity index is 494. The minimum absolute atomic E-state index is 0.112. The molecular weight excluding hydrogens is 264 g/mol. The number of allylic oxidation sites excluding steroid dienone is 1. The Balaban J connectivity index is 1.72. The van der Waals surface area contributed by atoms with Crippen molar-refractivity contribution >= 4 is 5.91 Å². The Morgan fingerprint density at radius 1 is 1.29 bits per heavy atom. The highest BCUT2D eigenvalue weighted by Gasteiger charge is 2.14. The lowest BCUT2D eigenvalue weighted by atomic mass is 9.97. The van der Waals surface area contributed by atoms with Gasteiger partial charge in [0.2, 0.25) is 5.91 Å². The van der Waals surface area contributed by atoms with E-state index in [2.05, 4.69) is 11.4 Å². The Hall–Kier alpha value is -1.81. The number of nitrogens with two attached hydrogens (primary N) is 1. The first-order valence-electron chi connectivity index (χ1n) is 7.64. The summed E-state index contributed by atoms with van der Waals surface area (Å²) < 4.78 is 0. The molecule has 4 nitrogen and oxygen atoms in total. The van der Waals surface area contributed by atoms with E-state index in [1.165, 1.54) is 24.8 Å². The molecule has 0 radical (unpaired) electrons. The second-order valence-electron chi connectivity index (χ2n) is 5.63. The summed E-state index contributed by atoms with van der Waals surface area (Å²) in [5.74, 6) is 0.108. The molecule has 1 amide bonds. The summed E-state index contributed by atoms with van der Waals surface area (Å²) in [5.41, 5.74) is 8.32. The van der Waals surface area contributed by atoms with Crippen LogP contribution in [0, 0.1) is 0 Å². The van der Waals surface area contributed by atoms with E-state index in [4.69, 9.17) is 5.73 Å².